The van der Waals surface area contributed by atoms with Crippen LogP contribution in [0.2, 0.25) is 0 Å². The van der Waals surface area contributed by atoms with Gasteiger partial charge in [0.1, 0.15) is 6.04 Å². The van der Waals surface area contributed by atoms with Crippen molar-refractivity contribution < 1.29 is 9.53 Å². The molecule has 1 aromatic carbocycles. The van der Waals surface area contributed by atoms with Gasteiger partial charge in [-0.2, -0.15) is 0 Å². The predicted molar refractivity (Wildman–Crippen MR) is 97.3 cm³/mol. The number of amides is 1. The zero-order chi connectivity index (χ0) is 17.9. The Bertz CT molecular complexity index is 853. The van der Waals surface area contributed by atoms with E-state index < -0.39 is 6.04 Å². The minimum absolute atomic E-state index is 0.167. The Balaban J connectivity index is 1.79. The van der Waals surface area contributed by atoms with Gasteiger partial charge in [0.05, 0.1) is 35.9 Å². The molecule has 0 spiro atoms. The van der Waals surface area contributed by atoms with Crippen LogP contribution in [0.3, 0.4) is 0 Å². The van der Waals surface area contributed by atoms with Gasteiger partial charge in [-0.3, -0.25) is 9.78 Å². The summed E-state index contributed by atoms with van der Waals surface area (Å²) in [7, 11) is 0. The lowest BCUT2D eigenvalue weighted by Crippen LogP contribution is -2.32. The van der Waals surface area contributed by atoms with Crippen LogP contribution in [0.1, 0.15) is 26.8 Å². The standard InChI is InChI=1S/C19H22N4O2/c1-19(2,3)25-12-17(23-9-8-20-13-23)18(24)22-15-10-14-6-4-5-7-16(14)21-11-15/h4-11,13,17H,12H2,1-3H3,(H,22,24)/t17-/m0/s1. The van der Waals surface area contributed by atoms with Gasteiger partial charge < -0.3 is 14.6 Å². The maximum Gasteiger partial charge on any atom is 0.249 e. The van der Waals surface area contributed by atoms with Gasteiger partial charge in [0.2, 0.25) is 5.91 Å². The third-order valence-electron chi connectivity index (χ3n) is 3.72. The number of hydrogen-bond acceptors (Lipinski definition) is 4. The largest absolute Gasteiger partial charge is 0.373 e. The van der Waals surface area contributed by atoms with Crippen LogP contribution in [0.25, 0.3) is 10.9 Å². The molecule has 0 unspecified atom stereocenters. The number of carbonyl (C=O) groups is 1. The molecule has 6 nitrogen and oxygen atoms in total. The molecule has 3 aromatic rings. The first kappa shape index (κ1) is 17.1. The number of benzene rings is 1. The predicted octanol–water partition coefficient (Wildman–Crippen LogP) is 3.43. The molecule has 0 aliphatic rings. The number of para-hydroxylation sites is 1. The third kappa shape index (κ3) is 4.42. The molecule has 2 heterocycles. The molecule has 2 aromatic heterocycles. The molecule has 0 saturated carbocycles. The van der Waals surface area contributed by atoms with Crippen molar-refractivity contribution in [2.24, 2.45) is 0 Å². The van der Waals surface area contributed by atoms with E-state index in [-0.39, 0.29) is 18.1 Å². The monoisotopic (exact) mass is 338 g/mol. The number of nitrogens with zero attached hydrogens (tertiary/aromatic N) is 3. The normalized spacial score (nSPS) is 12.9. The first-order chi connectivity index (χ1) is 11.9. The second-order valence-electron chi connectivity index (χ2n) is 6.86. The number of aromatic nitrogens is 3. The van der Waals surface area contributed by atoms with E-state index >= 15 is 0 Å². The van der Waals surface area contributed by atoms with E-state index in [2.05, 4.69) is 15.3 Å². The van der Waals surface area contributed by atoms with Crippen LogP contribution >= 0.6 is 0 Å². The summed E-state index contributed by atoms with van der Waals surface area (Å²) in [4.78, 5) is 21.2. The number of ether oxygens (including phenoxy) is 1. The molecule has 0 radical (unpaired) electrons. The van der Waals surface area contributed by atoms with Gasteiger partial charge in [-0.15, -0.1) is 0 Å². The molecule has 0 saturated heterocycles. The van der Waals surface area contributed by atoms with Crippen molar-refractivity contribution >= 4 is 22.5 Å². The van der Waals surface area contributed by atoms with Gasteiger partial charge >= 0.3 is 0 Å². The highest BCUT2D eigenvalue weighted by molar-refractivity contribution is 5.95. The average Bonchev–Trinajstić information content (AvgIpc) is 3.08. The first-order valence-corrected chi connectivity index (χ1v) is 8.19. The lowest BCUT2D eigenvalue weighted by atomic mass is 10.2. The molecule has 0 fully saturated rings. The maximum atomic E-state index is 12.8. The van der Waals surface area contributed by atoms with E-state index in [1.54, 1.807) is 29.5 Å². The molecule has 1 atom stereocenters. The molecule has 130 valence electrons. The summed E-state index contributed by atoms with van der Waals surface area (Å²) in [6, 6.07) is 9.19. The molecule has 0 aliphatic carbocycles. The third-order valence-corrected chi connectivity index (χ3v) is 3.72. The fraction of sp³-hybridized carbons (Fsp3) is 0.316. The molecule has 0 bridgehead atoms. The molecule has 25 heavy (non-hydrogen) atoms. The molecular weight excluding hydrogens is 316 g/mol. The Kier molecular flexibility index (Phi) is 4.81. The van der Waals surface area contributed by atoms with Crippen LogP contribution in [-0.4, -0.2) is 32.7 Å². The second kappa shape index (κ2) is 7.03. The van der Waals surface area contributed by atoms with Crippen LogP contribution < -0.4 is 5.32 Å². The smallest absolute Gasteiger partial charge is 0.249 e. The Hall–Kier alpha value is -2.73. The van der Waals surface area contributed by atoms with Crippen molar-refractivity contribution in [3.05, 3.63) is 55.2 Å². The summed E-state index contributed by atoms with van der Waals surface area (Å²) in [5.41, 5.74) is 1.22. The van der Waals surface area contributed by atoms with E-state index in [0.717, 1.165) is 10.9 Å². The van der Waals surface area contributed by atoms with E-state index in [0.29, 0.717) is 5.69 Å². The summed E-state index contributed by atoms with van der Waals surface area (Å²) < 4.78 is 7.56. The van der Waals surface area contributed by atoms with Crippen molar-refractivity contribution in [2.45, 2.75) is 32.4 Å². The molecule has 1 amide bonds. The van der Waals surface area contributed by atoms with Gasteiger partial charge in [0.15, 0.2) is 0 Å². The Morgan fingerprint density at radius 2 is 2.12 bits per heavy atom. The maximum absolute atomic E-state index is 12.8. The molecule has 3 rings (SSSR count). The zero-order valence-electron chi connectivity index (χ0n) is 14.6. The van der Waals surface area contributed by atoms with Crippen LogP contribution in [0, 0.1) is 0 Å². The summed E-state index contributed by atoms with van der Waals surface area (Å²) in [6.45, 7) is 6.14. The van der Waals surface area contributed by atoms with Gasteiger partial charge in [-0.25, -0.2) is 4.98 Å². The van der Waals surface area contributed by atoms with Crippen LogP contribution in [-0.2, 0) is 9.53 Å². The van der Waals surface area contributed by atoms with E-state index in [1.165, 1.54) is 0 Å². The molecule has 1 N–H and O–H groups in total. The number of nitrogens with one attached hydrogen (secondary N) is 1. The van der Waals surface area contributed by atoms with E-state index in [9.17, 15) is 4.79 Å². The van der Waals surface area contributed by atoms with Crippen LogP contribution in [0.4, 0.5) is 5.69 Å². The number of anilines is 1. The Labute approximate surface area is 146 Å². The molecular formula is C19H22N4O2. The summed E-state index contributed by atoms with van der Waals surface area (Å²) >= 11 is 0. The summed E-state index contributed by atoms with van der Waals surface area (Å²) in [6.07, 6.45) is 6.69. The number of hydrogen-bond donors (Lipinski definition) is 1. The topological polar surface area (TPSA) is 69.0 Å². The van der Waals surface area contributed by atoms with Crippen molar-refractivity contribution in [3.63, 3.8) is 0 Å². The fourth-order valence-corrected chi connectivity index (χ4v) is 2.44. The number of pyridine rings is 1. The lowest BCUT2D eigenvalue weighted by molar-refractivity contribution is -0.123. The highest BCUT2D eigenvalue weighted by atomic mass is 16.5. The minimum Gasteiger partial charge on any atom is -0.373 e. The average molecular weight is 338 g/mol. The summed E-state index contributed by atoms with van der Waals surface area (Å²) in [5, 5.41) is 3.91. The van der Waals surface area contributed by atoms with Gasteiger partial charge in [-0.05, 0) is 32.9 Å². The zero-order valence-corrected chi connectivity index (χ0v) is 14.6. The van der Waals surface area contributed by atoms with Crippen LogP contribution in [0.5, 0.6) is 0 Å². The number of imidazole rings is 1. The minimum atomic E-state index is -0.506. The highest BCUT2D eigenvalue weighted by Gasteiger charge is 2.23. The quantitative estimate of drug-likeness (QED) is 0.774. The molecule has 6 heteroatoms. The second-order valence-corrected chi connectivity index (χ2v) is 6.86. The highest BCUT2D eigenvalue weighted by Crippen LogP contribution is 2.19. The molecule has 0 aliphatic heterocycles. The number of rotatable bonds is 5. The van der Waals surface area contributed by atoms with Crippen molar-refractivity contribution in [1.82, 2.24) is 14.5 Å². The van der Waals surface area contributed by atoms with Gasteiger partial charge in [-0.1, -0.05) is 18.2 Å². The number of fused-ring (bicyclic) bond motifs is 1. The number of carbonyl (C=O) groups excluding carboxylic acids is 1. The van der Waals surface area contributed by atoms with Crippen LogP contribution in [0.15, 0.2) is 55.2 Å². The Morgan fingerprint density at radius 3 is 2.84 bits per heavy atom. The van der Waals surface area contributed by atoms with Crippen molar-refractivity contribution in [2.75, 3.05) is 11.9 Å². The van der Waals surface area contributed by atoms with Crippen molar-refractivity contribution in [1.29, 1.82) is 0 Å². The first-order valence-electron chi connectivity index (χ1n) is 8.19. The fourth-order valence-electron chi connectivity index (χ4n) is 2.44. The Morgan fingerprint density at radius 1 is 1.32 bits per heavy atom. The summed E-state index contributed by atoms with van der Waals surface area (Å²) in [5.74, 6) is -0.167. The lowest BCUT2D eigenvalue weighted by Gasteiger charge is -2.24. The van der Waals surface area contributed by atoms with Gasteiger partial charge in [0, 0.05) is 17.8 Å². The SMILES string of the molecule is CC(C)(C)OC[C@@H](C(=O)Nc1cnc2ccccc2c1)n1ccnc1. The van der Waals surface area contributed by atoms with Gasteiger partial charge in [0.25, 0.3) is 0 Å². The van der Waals surface area contributed by atoms with E-state index in [4.69, 9.17) is 4.74 Å². The van der Waals surface area contributed by atoms with Crippen molar-refractivity contribution in [3.8, 4) is 0 Å². The van der Waals surface area contributed by atoms with E-state index in [1.807, 2.05) is 51.1 Å².